The molecule has 0 saturated heterocycles. The lowest BCUT2D eigenvalue weighted by Gasteiger charge is -2.06. The first-order valence-corrected chi connectivity index (χ1v) is 4.95. The van der Waals surface area contributed by atoms with Gasteiger partial charge in [-0.2, -0.15) is 0 Å². The van der Waals surface area contributed by atoms with E-state index in [4.69, 9.17) is 0 Å². The molecule has 0 radical (unpaired) electrons. The summed E-state index contributed by atoms with van der Waals surface area (Å²) < 4.78 is 0. The summed E-state index contributed by atoms with van der Waals surface area (Å²) in [4.78, 5) is 11.6. The summed E-state index contributed by atoms with van der Waals surface area (Å²) in [7, 11) is 0. The van der Waals surface area contributed by atoms with Crippen LogP contribution in [0.3, 0.4) is 0 Å². The molecular weight excluding hydrogens is 148 g/mol. The van der Waals surface area contributed by atoms with Gasteiger partial charge in [0.25, 0.3) is 0 Å². The smallest absolute Gasteiger partial charge is 0.161 e. The molecule has 0 aromatic carbocycles. The zero-order chi connectivity index (χ0) is 8.97. The molecular formula is C11H18O. The standard InChI is InChI=1S/C11H18O/c1-9(2)11(12)10-7-5-3-4-6-8-10/h7,9H,3-6,8H2,1-2H3. The summed E-state index contributed by atoms with van der Waals surface area (Å²) in [6, 6.07) is 0. The van der Waals surface area contributed by atoms with E-state index in [1.807, 2.05) is 13.8 Å². The molecule has 1 rings (SSSR count). The van der Waals surface area contributed by atoms with Crippen LogP contribution >= 0.6 is 0 Å². The molecule has 0 aliphatic heterocycles. The van der Waals surface area contributed by atoms with Gasteiger partial charge in [0, 0.05) is 5.92 Å². The Balaban J connectivity index is 2.59. The molecule has 0 spiro atoms. The van der Waals surface area contributed by atoms with Crippen molar-refractivity contribution in [2.24, 2.45) is 5.92 Å². The van der Waals surface area contributed by atoms with Crippen LogP contribution < -0.4 is 0 Å². The van der Waals surface area contributed by atoms with Crippen LogP contribution in [-0.2, 0) is 4.79 Å². The van der Waals surface area contributed by atoms with Crippen molar-refractivity contribution in [2.75, 3.05) is 0 Å². The predicted molar refractivity (Wildman–Crippen MR) is 51.0 cm³/mol. The molecule has 0 aromatic rings. The second-order valence-electron chi connectivity index (χ2n) is 3.85. The monoisotopic (exact) mass is 166 g/mol. The molecule has 12 heavy (non-hydrogen) atoms. The molecule has 0 N–H and O–H groups in total. The lowest BCUT2D eigenvalue weighted by Crippen LogP contribution is -2.09. The van der Waals surface area contributed by atoms with Gasteiger partial charge < -0.3 is 0 Å². The van der Waals surface area contributed by atoms with E-state index in [9.17, 15) is 4.79 Å². The highest BCUT2D eigenvalue weighted by atomic mass is 16.1. The minimum Gasteiger partial charge on any atom is -0.294 e. The third-order valence-electron chi connectivity index (χ3n) is 2.38. The molecule has 1 nitrogen and oxygen atoms in total. The lowest BCUT2D eigenvalue weighted by atomic mass is 9.98. The van der Waals surface area contributed by atoms with Crippen LogP contribution in [0.25, 0.3) is 0 Å². The van der Waals surface area contributed by atoms with Crippen molar-refractivity contribution in [2.45, 2.75) is 46.0 Å². The molecule has 0 saturated carbocycles. The summed E-state index contributed by atoms with van der Waals surface area (Å²) in [5, 5.41) is 0. The fourth-order valence-corrected chi connectivity index (χ4v) is 1.61. The first-order chi connectivity index (χ1) is 5.72. The van der Waals surface area contributed by atoms with Crippen LogP contribution in [0, 0.1) is 5.92 Å². The van der Waals surface area contributed by atoms with E-state index in [-0.39, 0.29) is 5.92 Å². The van der Waals surface area contributed by atoms with Crippen LogP contribution in [-0.4, -0.2) is 5.78 Å². The van der Waals surface area contributed by atoms with Crippen LogP contribution in [0.1, 0.15) is 46.0 Å². The molecule has 0 fully saturated rings. The van der Waals surface area contributed by atoms with Crippen molar-refractivity contribution in [3.8, 4) is 0 Å². The largest absolute Gasteiger partial charge is 0.294 e. The van der Waals surface area contributed by atoms with Gasteiger partial charge in [-0.15, -0.1) is 0 Å². The Kier molecular flexibility index (Phi) is 3.51. The minimum absolute atomic E-state index is 0.175. The number of hydrogen-bond donors (Lipinski definition) is 0. The van der Waals surface area contributed by atoms with E-state index in [2.05, 4.69) is 6.08 Å². The summed E-state index contributed by atoms with van der Waals surface area (Å²) in [6.45, 7) is 3.96. The van der Waals surface area contributed by atoms with Crippen molar-refractivity contribution in [1.82, 2.24) is 0 Å². The van der Waals surface area contributed by atoms with E-state index in [1.165, 1.54) is 19.3 Å². The zero-order valence-corrected chi connectivity index (χ0v) is 8.10. The average Bonchev–Trinajstić information content (AvgIpc) is 2.30. The van der Waals surface area contributed by atoms with Crippen LogP contribution in [0.4, 0.5) is 0 Å². The molecule has 0 unspecified atom stereocenters. The minimum atomic E-state index is 0.175. The van der Waals surface area contributed by atoms with Gasteiger partial charge in [-0.05, 0) is 31.3 Å². The number of Topliss-reactive ketones (excluding diaryl/α,β-unsaturated/α-hetero) is 1. The Morgan fingerprint density at radius 3 is 2.75 bits per heavy atom. The van der Waals surface area contributed by atoms with Gasteiger partial charge in [-0.25, -0.2) is 0 Å². The van der Waals surface area contributed by atoms with Crippen molar-refractivity contribution in [1.29, 1.82) is 0 Å². The highest BCUT2D eigenvalue weighted by Crippen LogP contribution is 2.20. The Morgan fingerprint density at radius 2 is 2.08 bits per heavy atom. The molecule has 0 amide bonds. The van der Waals surface area contributed by atoms with E-state index in [0.717, 1.165) is 18.4 Å². The molecule has 0 aromatic heterocycles. The number of ketones is 1. The predicted octanol–water partition coefficient (Wildman–Crippen LogP) is 3.10. The normalized spacial score (nSPS) is 18.8. The second kappa shape index (κ2) is 4.44. The van der Waals surface area contributed by atoms with Crippen molar-refractivity contribution in [3.63, 3.8) is 0 Å². The van der Waals surface area contributed by atoms with Gasteiger partial charge in [-0.1, -0.05) is 26.3 Å². The number of allylic oxidation sites excluding steroid dienone is 2. The quantitative estimate of drug-likeness (QED) is 0.616. The maximum absolute atomic E-state index is 11.6. The maximum Gasteiger partial charge on any atom is 0.161 e. The van der Waals surface area contributed by atoms with Crippen LogP contribution in [0.2, 0.25) is 0 Å². The number of hydrogen-bond acceptors (Lipinski definition) is 1. The van der Waals surface area contributed by atoms with Crippen LogP contribution in [0.15, 0.2) is 11.6 Å². The van der Waals surface area contributed by atoms with E-state index >= 15 is 0 Å². The fraction of sp³-hybridized carbons (Fsp3) is 0.727. The van der Waals surface area contributed by atoms with Crippen molar-refractivity contribution in [3.05, 3.63) is 11.6 Å². The third kappa shape index (κ3) is 2.47. The molecule has 1 heteroatoms. The summed E-state index contributed by atoms with van der Waals surface area (Å²) >= 11 is 0. The summed E-state index contributed by atoms with van der Waals surface area (Å²) in [5.41, 5.74) is 1.09. The number of carbonyl (C=O) groups is 1. The highest BCUT2D eigenvalue weighted by Gasteiger charge is 2.13. The Hall–Kier alpha value is -0.590. The van der Waals surface area contributed by atoms with Crippen molar-refractivity contribution < 1.29 is 4.79 Å². The molecule has 0 atom stereocenters. The SMILES string of the molecule is CC(C)C(=O)C1=CCCCCC1. The van der Waals surface area contributed by atoms with E-state index in [1.54, 1.807) is 0 Å². The average molecular weight is 166 g/mol. The molecule has 1 aliphatic carbocycles. The second-order valence-corrected chi connectivity index (χ2v) is 3.85. The third-order valence-corrected chi connectivity index (χ3v) is 2.38. The van der Waals surface area contributed by atoms with E-state index < -0.39 is 0 Å². The highest BCUT2D eigenvalue weighted by molar-refractivity contribution is 5.96. The van der Waals surface area contributed by atoms with Gasteiger partial charge >= 0.3 is 0 Å². The maximum atomic E-state index is 11.6. The Labute approximate surface area is 74.9 Å². The Morgan fingerprint density at radius 1 is 1.33 bits per heavy atom. The van der Waals surface area contributed by atoms with Gasteiger partial charge in [0.2, 0.25) is 0 Å². The van der Waals surface area contributed by atoms with Gasteiger partial charge in [0.1, 0.15) is 0 Å². The Bertz CT molecular complexity index is 189. The number of carbonyl (C=O) groups excluding carboxylic acids is 1. The number of rotatable bonds is 2. The van der Waals surface area contributed by atoms with Gasteiger partial charge in [0.05, 0.1) is 0 Å². The summed E-state index contributed by atoms with van der Waals surface area (Å²) in [5.74, 6) is 0.534. The molecule has 0 heterocycles. The zero-order valence-electron chi connectivity index (χ0n) is 8.10. The first kappa shape index (κ1) is 9.50. The van der Waals surface area contributed by atoms with E-state index in [0.29, 0.717) is 5.78 Å². The fourth-order valence-electron chi connectivity index (χ4n) is 1.61. The van der Waals surface area contributed by atoms with Gasteiger partial charge in [-0.3, -0.25) is 4.79 Å². The topological polar surface area (TPSA) is 17.1 Å². The lowest BCUT2D eigenvalue weighted by molar-refractivity contribution is -0.118. The molecule has 1 aliphatic rings. The van der Waals surface area contributed by atoms with Gasteiger partial charge in [0.15, 0.2) is 5.78 Å². The van der Waals surface area contributed by atoms with Crippen LogP contribution in [0.5, 0.6) is 0 Å². The molecule has 0 bridgehead atoms. The van der Waals surface area contributed by atoms with Crippen molar-refractivity contribution >= 4 is 5.78 Å². The molecule has 68 valence electrons. The summed E-state index contributed by atoms with van der Waals surface area (Å²) in [6.07, 6.45) is 8.00. The first-order valence-electron chi connectivity index (χ1n) is 4.95.